The monoisotopic (exact) mass is 225 g/mol. The summed E-state index contributed by atoms with van der Waals surface area (Å²) in [6, 6.07) is 2.00. The second-order valence-corrected chi connectivity index (χ2v) is 5.20. The highest BCUT2D eigenvalue weighted by molar-refractivity contribution is 7.12. The van der Waals surface area contributed by atoms with E-state index in [1.165, 1.54) is 11.3 Å². The zero-order chi connectivity index (χ0) is 11.1. The van der Waals surface area contributed by atoms with Crippen LogP contribution in [0, 0.1) is 0 Å². The van der Waals surface area contributed by atoms with E-state index in [0.717, 1.165) is 16.9 Å². The molecule has 0 bridgehead atoms. The Labute approximate surface area is 93.3 Å². The molecule has 1 amide bonds. The fourth-order valence-corrected chi connectivity index (χ4v) is 2.83. The van der Waals surface area contributed by atoms with Crippen LogP contribution in [0.1, 0.15) is 29.1 Å². The van der Waals surface area contributed by atoms with Crippen LogP contribution >= 0.6 is 11.3 Å². The molecule has 0 saturated carbocycles. The maximum absolute atomic E-state index is 12.0. The van der Waals surface area contributed by atoms with Crippen LogP contribution in [-0.4, -0.2) is 34.6 Å². The topological polar surface area (TPSA) is 40.5 Å². The summed E-state index contributed by atoms with van der Waals surface area (Å²) in [5.41, 5.74) is 0.427. The maximum Gasteiger partial charge on any atom is 0.264 e. The number of nitrogens with zero attached hydrogens (tertiary/aromatic N) is 1. The molecule has 2 heterocycles. The van der Waals surface area contributed by atoms with Crippen molar-refractivity contribution in [3.05, 3.63) is 21.9 Å². The molecule has 1 aliphatic heterocycles. The number of aliphatic hydroxyl groups is 1. The number of thiophene rings is 1. The number of carbonyl (C=O) groups is 1. The van der Waals surface area contributed by atoms with E-state index in [1.54, 1.807) is 11.8 Å². The zero-order valence-corrected chi connectivity index (χ0v) is 9.80. The molecule has 0 spiro atoms. The SMILES string of the molecule is CCc1ccsc1C(=O)N1CC(C)(O)C1. The van der Waals surface area contributed by atoms with Gasteiger partial charge in [0.05, 0.1) is 23.6 Å². The molecule has 1 N–H and O–H groups in total. The predicted molar refractivity (Wildman–Crippen MR) is 60.2 cm³/mol. The molecule has 3 nitrogen and oxygen atoms in total. The third-order valence-corrected chi connectivity index (χ3v) is 3.62. The lowest BCUT2D eigenvalue weighted by Gasteiger charge is -2.44. The van der Waals surface area contributed by atoms with Crippen LogP contribution in [0.4, 0.5) is 0 Å². The molecular weight excluding hydrogens is 210 g/mol. The molecule has 4 heteroatoms. The van der Waals surface area contributed by atoms with Crippen molar-refractivity contribution in [2.75, 3.05) is 13.1 Å². The second kappa shape index (κ2) is 3.61. The number of hydrogen-bond donors (Lipinski definition) is 1. The average molecular weight is 225 g/mol. The minimum Gasteiger partial charge on any atom is -0.386 e. The molecule has 1 saturated heterocycles. The van der Waals surface area contributed by atoms with Crippen LogP contribution in [-0.2, 0) is 6.42 Å². The lowest BCUT2D eigenvalue weighted by atomic mass is 9.96. The van der Waals surface area contributed by atoms with Gasteiger partial charge >= 0.3 is 0 Å². The van der Waals surface area contributed by atoms with E-state index in [9.17, 15) is 9.90 Å². The molecule has 1 aromatic rings. The highest BCUT2D eigenvalue weighted by atomic mass is 32.1. The number of β-amino-alcohol motifs (C(OH)–C–C–N with tert-alkyl or cyclic N) is 1. The number of carbonyl (C=O) groups excluding carboxylic acids is 1. The number of rotatable bonds is 2. The molecule has 2 rings (SSSR count). The number of amides is 1. The molecule has 1 aliphatic rings. The smallest absolute Gasteiger partial charge is 0.264 e. The third kappa shape index (κ3) is 1.92. The largest absolute Gasteiger partial charge is 0.386 e. The Kier molecular flexibility index (Phi) is 2.56. The number of aryl methyl sites for hydroxylation is 1. The van der Waals surface area contributed by atoms with E-state index in [-0.39, 0.29) is 5.91 Å². The number of likely N-dealkylation sites (tertiary alicyclic amines) is 1. The van der Waals surface area contributed by atoms with Crippen molar-refractivity contribution in [3.8, 4) is 0 Å². The van der Waals surface area contributed by atoms with Crippen molar-refractivity contribution >= 4 is 17.2 Å². The quantitative estimate of drug-likeness (QED) is 0.829. The van der Waals surface area contributed by atoms with Crippen LogP contribution in [0.5, 0.6) is 0 Å². The van der Waals surface area contributed by atoms with E-state index in [0.29, 0.717) is 13.1 Å². The van der Waals surface area contributed by atoms with Crippen molar-refractivity contribution in [3.63, 3.8) is 0 Å². The van der Waals surface area contributed by atoms with E-state index < -0.39 is 5.60 Å². The van der Waals surface area contributed by atoms with Crippen molar-refractivity contribution in [1.29, 1.82) is 0 Å². The summed E-state index contributed by atoms with van der Waals surface area (Å²) in [5.74, 6) is 0.0633. The molecule has 82 valence electrons. The minimum atomic E-state index is -0.681. The van der Waals surface area contributed by atoms with Crippen molar-refractivity contribution in [2.45, 2.75) is 25.9 Å². The summed E-state index contributed by atoms with van der Waals surface area (Å²) in [6.45, 7) is 4.71. The molecule has 0 atom stereocenters. The highest BCUT2D eigenvalue weighted by Crippen LogP contribution is 2.26. The molecule has 15 heavy (non-hydrogen) atoms. The van der Waals surface area contributed by atoms with Gasteiger partial charge in [-0.3, -0.25) is 4.79 Å². The van der Waals surface area contributed by atoms with Gasteiger partial charge in [0, 0.05) is 0 Å². The Bertz CT molecular complexity index is 376. The van der Waals surface area contributed by atoms with Gasteiger partial charge in [0.1, 0.15) is 0 Å². The summed E-state index contributed by atoms with van der Waals surface area (Å²) in [5, 5.41) is 11.5. The van der Waals surface area contributed by atoms with Crippen molar-refractivity contribution in [1.82, 2.24) is 4.90 Å². The van der Waals surface area contributed by atoms with Crippen molar-refractivity contribution in [2.24, 2.45) is 0 Å². The van der Waals surface area contributed by atoms with Gasteiger partial charge in [0.15, 0.2) is 0 Å². The first-order valence-electron chi connectivity index (χ1n) is 5.11. The minimum absolute atomic E-state index is 0.0633. The first-order valence-corrected chi connectivity index (χ1v) is 5.99. The van der Waals surface area contributed by atoms with Crippen LogP contribution in [0.25, 0.3) is 0 Å². The zero-order valence-electron chi connectivity index (χ0n) is 8.99. The molecule has 1 aromatic heterocycles. The van der Waals surface area contributed by atoms with Crippen molar-refractivity contribution < 1.29 is 9.90 Å². The van der Waals surface area contributed by atoms with Crippen LogP contribution in [0.2, 0.25) is 0 Å². The summed E-state index contributed by atoms with van der Waals surface area (Å²) >= 11 is 1.49. The fourth-order valence-electron chi connectivity index (χ4n) is 1.86. The summed E-state index contributed by atoms with van der Waals surface area (Å²) in [6.07, 6.45) is 0.884. The van der Waals surface area contributed by atoms with Gasteiger partial charge in [-0.05, 0) is 30.4 Å². The maximum atomic E-state index is 12.0. The summed E-state index contributed by atoms with van der Waals surface area (Å²) < 4.78 is 0. The van der Waals surface area contributed by atoms with Crippen LogP contribution in [0.15, 0.2) is 11.4 Å². The Morgan fingerprint density at radius 2 is 2.33 bits per heavy atom. The molecule has 0 aliphatic carbocycles. The number of hydrogen-bond acceptors (Lipinski definition) is 3. The van der Waals surface area contributed by atoms with Gasteiger partial charge in [-0.15, -0.1) is 11.3 Å². The molecule has 0 unspecified atom stereocenters. The van der Waals surface area contributed by atoms with E-state index >= 15 is 0 Å². The Hall–Kier alpha value is -0.870. The molecule has 0 radical (unpaired) electrons. The van der Waals surface area contributed by atoms with E-state index in [2.05, 4.69) is 0 Å². The Morgan fingerprint density at radius 3 is 2.87 bits per heavy atom. The van der Waals surface area contributed by atoms with Gasteiger partial charge in [0.25, 0.3) is 5.91 Å². The molecular formula is C11H15NO2S. The summed E-state index contributed by atoms with van der Waals surface area (Å²) in [4.78, 5) is 14.5. The van der Waals surface area contributed by atoms with E-state index in [4.69, 9.17) is 0 Å². The van der Waals surface area contributed by atoms with Gasteiger partial charge in [-0.1, -0.05) is 6.92 Å². The Balaban J connectivity index is 2.10. The normalized spacial score (nSPS) is 18.7. The molecule has 0 aromatic carbocycles. The Morgan fingerprint density at radius 1 is 1.67 bits per heavy atom. The lowest BCUT2D eigenvalue weighted by molar-refractivity contribution is -0.0667. The highest BCUT2D eigenvalue weighted by Gasteiger charge is 2.40. The summed E-state index contributed by atoms with van der Waals surface area (Å²) in [7, 11) is 0. The first-order chi connectivity index (χ1) is 7.03. The first kappa shape index (κ1) is 10.6. The van der Waals surface area contributed by atoms with Gasteiger partial charge in [0.2, 0.25) is 0 Å². The average Bonchev–Trinajstić information content (AvgIpc) is 2.60. The lowest BCUT2D eigenvalue weighted by Crippen LogP contribution is -2.61. The van der Waals surface area contributed by atoms with E-state index in [1.807, 2.05) is 18.4 Å². The fraction of sp³-hybridized carbons (Fsp3) is 0.545. The van der Waals surface area contributed by atoms with Crippen LogP contribution < -0.4 is 0 Å². The molecule has 1 fully saturated rings. The predicted octanol–water partition coefficient (Wildman–Crippen LogP) is 1.52. The van der Waals surface area contributed by atoms with Gasteiger partial charge in [-0.2, -0.15) is 0 Å². The second-order valence-electron chi connectivity index (χ2n) is 4.29. The third-order valence-electron chi connectivity index (χ3n) is 2.67. The van der Waals surface area contributed by atoms with Crippen LogP contribution in [0.3, 0.4) is 0 Å². The van der Waals surface area contributed by atoms with Gasteiger partial charge in [-0.25, -0.2) is 0 Å². The standard InChI is InChI=1S/C11H15NO2S/c1-3-8-4-5-15-9(8)10(13)12-6-11(2,14)7-12/h4-5,14H,3,6-7H2,1-2H3. The van der Waals surface area contributed by atoms with Gasteiger partial charge < -0.3 is 10.0 Å².